The quantitative estimate of drug-likeness (QED) is 0.535. The van der Waals surface area contributed by atoms with Crippen molar-refractivity contribution < 1.29 is 24.9 Å². The van der Waals surface area contributed by atoms with Gasteiger partial charge in [-0.1, -0.05) is 0 Å². The van der Waals surface area contributed by atoms with Crippen molar-refractivity contribution in [1.29, 1.82) is 5.26 Å². The second kappa shape index (κ2) is 5.93. The molecule has 1 aliphatic carbocycles. The molecule has 0 aromatic rings. The van der Waals surface area contributed by atoms with Crippen LogP contribution >= 0.6 is 0 Å². The summed E-state index contributed by atoms with van der Waals surface area (Å²) in [6.45, 7) is 1.51. The lowest BCUT2D eigenvalue weighted by Gasteiger charge is -2.10. The molecule has 1 rings (SSSR count). The van der Waals surface area contributed by atoms with E-state index in [9.17, 15) is 15.0 Å². The number of hydrogen-bond acceptors (Lipinski definition) is 7. The number of hydrogen-bond donors (Lipinski definition) is 4. The number of nitrogens with zero attached hydrogens (tertiary/aromatic N) is 1. The van der Waals surface area contributed by atoms with E-state index < -0.39 is 17.5 Å². The van der Waals surface area contributed by atoms with Gasteiger partial charge in [-0.05, 0) is 6.92 Å². The molecular weight excluding hydrogens is 252 g/mol. The molecule has 0 radical (unpaired) electrons. The van der Waals surface area contributed by atoms with Crippen LogP contribution in [0.2, 0.25) is 0 Å². The van der Waals surface area contributed by atoms with E-state index in [0.29, 0.717) is 0 Å². The van der Waals surface area contributed by atoms with Crippen molar-refractivity contribution in [3.05, 3.63) is 34.4 Å². The number of ether oxygens (including phenoxy) is 1. The third-order valence-electron chi connectivity index (χ3n) is 2.52. The smallest absolute Gasteiger partial charge is 0.342 e. The van der Waals surface area contributed by atoms with E-state index in [0.717, 1.165) is 7.11 Å². The monoisotopic (exact) mass is 266 g/mol. The number of methoxy groups -OCH3 is 1. The normalized spacial score (nSPS) is 18.5. The Morgan fingerprint density at radius 1 is 1.53 bits per heavy atom. The van der Waals surface area contributed by atoms with E-state index in [2.05, 4.69) is 10.1 Å². The van der Waals surface area contributed by atoms with Gasteiger partial charge in [-0.3, -0.25) is 0 Å². The summed E-state index contributed by atoms with van der Waals surface area (Å²) in [5.41, 5.74) is -0.519. The van der Waals surface area contributed by atoms with Gasteiger partial charge in [-0.25, -0.2) is 4.79 Å². The van der Waals surface area contributed by atoms with Crippen molar-refractivity contribution in [3.8, 4) is 6.07 Å². The highest BCUT2D eigenvalue weighted by molar-refractivity contribution is 5.98. The first kappa shape index (κ1) is 14.6. The summed E-state index contributed by atoms with van der Waals surface area (Å²) in [5, 5.41) is 39.8. The number of aliphatic hydroxyl groups excluding tert-OH is 3. The van der Waals surface area contributed by atoms with E-state index in [1.54, 1.807) is 13.0 Å². The summed E-state index contributed by atoms with van der Waals surface area (Å²) in [7, 11) is 1.12. The van der Waals surface area contributed by atoms with Crippen LogP contribution < -0.4 is 5.32 Å². The van der Waals surface area contributed by atoms with Crippen LogP contribution in [0.5, 0.6) is 0 Å². The van der Waals surface area contributed by atoms with Gasteiger partial charge in [0.05, 0.1) is 13.7 Å². The molecule has 0 aromatic carbocycles. The Bertz CT molecular complexity index is 525. The summed E-state index contributed by atoms with van der Waals surface area (Å²) >= 11 is 0. The third kappa shape index (κ3) is 2.69. The lowest BCUT2D eigenvalue weighted by molar-refractivity contribution is -0.135. The first-order valence-electron chi connectivity index (χ1n) is 5.41. The molecular formula is C12H14N2O5. The minimum Gasteiger partial charge on any atom is -0.504 e. The van der Waals surface area contributed by atoms with Gasteiger partial charge in [0, 0.05) is 17.8 Å². The molecule has 0 saturated carbocycles. The van der Waals surface area contributed by atoms with Gasteiger partial charge >= 0.3 is 5.97 Å². The number of carbonyl (C=O) groups is 1. The lowest BCUT2D eigenvalue weighted by Crippen LogP contribution is -2.25. The first-order valence-corrected chi connectivity index (χ1v) is 5.41. The fraction of sp³-hybridized carbons (Fsp3) is 0.333. The van der Waals surface area contributed by atoms with E-state index in [-0.39, 0.29) is 29.4 Å². The number of rotatable bonds is 4. The Kier molecular flexibility index (Phi) is 4.56. The van der Waals surface area contributed by atoms with E-state index >= 15 is 0 Å². The van der Waals surface area contributed by atoms with Crippen LogP contribution in [0, 0.1) is 11.3 Å². The summed E-state index contributed by atoms with van der Waals surface area (Å²) in [5.74, 6) is -2.25. The SMILES string of the molecule is COC(=O)C1=C(O)C(O)=C(C#N)/C1=C\NC(C)CO. The van der Waals surface area contributed by atoms with Crippen molar-refractivity contribution in [3.63, 3.8) is 0 Å². The zero-order valence-electron chi connectivity index (χ0n) is 10.5. The second-order valence-electron chi connectivity index (χ2n) is 3.86. The van der Waals surface area contributed by atoms with E-state index in [1.165, 1.54) is 6.20 Å². The summed E-state index contributed by atoms with van der Waals surface area (Å²) in [6, 6.07) is 1.37. The molecule has 0 heterocycles. The largest absolute Gasteiger partial charge is 0.504 e. The highest BCUT2D eigenvalue weighted by atomic mass is 16.5. The molecule has 0 bridgehead atoms. The van der Waals surface area contributed by atoms with Crippen molar-refractivity contribution in [2.75, 3.05) is 13.7 Å². The molecule has 4 N–H and O–H groups in total. The van der Waals surface area contributed by atoms with Crippen molar-refractivity contribution in [1.82, 2.24) is 5.32 Å². The fourth-order valence-corrected chi connectivity index (χ4v) is 1.46. The Labute approximate surface area is 109 Å². The molecule has 0 spiro atoms. The van der Waals surface area contributed by atoms with Crippen molar-refractivity contribution >= 4 is 5.97 Å². The van der Waals surface area contributed by atoms with Gasteiger partial charge in [0.2, 0.25) is 0 Å². The molecule has 7 heteroatoms. The molecule has 19 heavy (non-hydrogen) atoms. The molecule has 7 nitrogen and oxygen atoms in total. The highest BCUT2D eigenvalue weighted by Gasteiger charge is 2.34. The maximum Gasteiger partial charge on any atom is 0.342 e. The summed E-state index contributed by atoms with van der Waals surface area (Å²) in [6.07, 6.45) is 1.27. The molecule has 1 atom stereocenters. The maximum atomic E-state index is 11.6. The lowest BCUT2D eigenvalue weighted by atomic mass is 10.1. The average molecular weight is 266 g/mol. The van der Waals surface area contributed by atoms with Crippen LogP contribution in [0.15, 0.2) is 34.4 Å². The second-order valence-corrected chi connectivity index (χ2v) is 3.86. The molecule has 102 valence electrons. The first-order chi connectivity index (χ1) is 8.97. The molecule has 0 amide bonds. The van der Waals surface area contributed by atoms with Gasteiger partial charge in [-0.2, -0.15) is 5.26 Å². The highest BCUT2D eigenvalue weighted by Crippen LogP contribution is 2.34. The molecule has 0 aliphatic heterocycles. The van der Waals surface area contributed by atoms with Crippen LogP contribution in [0.25, 0.3) is 0 Å². The Balaban J connectivity index is 3.23. The molecule has 0 saturated heterocycles. The minimum absolute atomic E-state index is 0.0182. The third-order valence-corrected chi connectivity index (χ3v) is 2.52. The van der Waals surface area contributed by atoms with Gasteiger partial charge in [0.25, 0.3) is 0 Å². The van der Waals surface area contributed by atoms with Crippen molar-refractivity contribution in [2.24, 2.45) is 0 Å². The summed E-state index contributed by atoms with van der Waals surface area (Å²) in [4.78, 5) is 11.6. The minimum atomic E-state index is -0.876. The van der Waals surface area contributed by atoms with Crippen LogP contribution in [0.4, 0.5) is 0 Å². The van der Waals surface area contributed by atoms with Gasteiger partial charge in [-0.15, -0.1) is 0 Å². The molecule has 0 fully saturated rings. The number of esters is 1. The number of aliphatic hydroxyl groups is 3. The zero-order valence-corrected chi connectivity index (χ0v) is 10.5. The molecule has 0 aromatic heterocycles. The van der Waals surface area contributed by atoms with Gasteiger partial charge < -0.3 is 25.4 Å². The number of nitriles is 1. The standard InChI is InChI=1S/C12H14N2O5/c1-6(5-15)14-4-8-7(3-13)10(16)11(17)9(8)12(18)19-2/h4,6,14-17H,5H2,1-2H3/b8-4+. The maximum absolute atomic E-state index is 11.6. The van der Waals surface area contributed by atoms with Crippen LogP contribution in [-0.4, -0.2) is 41.0 Å². The summed E-state index contributed by atoms with van der Waals surface area (Å²) < 4.78 is 4.49. The number of allylic oxidation sites excluding steroid dienone is 1. The topological polar surface area (TPSA) is 123 Å². The van der Waals surface area contributed by atoms with Crippen LogP contribution in [0.3, 0.4) is 0 Å². The van der Waals surface area contributed by atoms with Crippen molar-refractivity contribution in [2.45, 2.75) is 13.0 Å². The number of nitrogens with one attached hydrogen (secondary N) is 1. The van der Waals surface area contributed by atoms with E-state index in [4.69, 9.17) is 10.4 Å². The van der Waals surface area contributed by atoms with Crippen LogP contribution in [0.1, 0.15) is 6.92 Å². The van der Waals surface area contributed by atoms with Crippen LogP contribution in [-0.2, 0) is 9.53 Å². The van der Waals surface area contributed by atoms with Gasteiger partial charge in [0.15, 0.2) is 11.5 Å². The average Bonchev–Trinajstić information content (AvgIpc) is 2.66. The predicted octanol–water partition coefficient (Wildman–Crippen LogP) is 0.175. The fourth-order valence-electron chi connectivity index (χ4n) is 1.46. The molecule has 1 aliphatic rings. The van der Waals surface area contributed by atoms with Gasteiger partial charge in [0.1, 0.15) is 17.2 Å². The molecule has 1 unspecified atom stereocenters. The zero-order chi connectivity index (χ0) is 14.6. The number of carbonyl (C=O) groups excluding carboxylic acids is 1. The Morgan fingerprint density at radius 2 is 2.16 bits per heavy atom. The Hall–Kier alpha value is -2.46. The Morgan fingerprint density at radius 3 is 2.63 bits per heavy atom. The predicted molar refractivity (Wildman–Crippen MR) is 64.7 cm³/mol. The van der Waals surface area contributed by atoms with E-state index in [1.807, 2.05) is 0 Å².